The molecule has 0 unspecified atom stereocenters. The first kappa shape index (κ1) is 11.8. The summed E-state index contributed by atoms with van der Waals surface area (Å²) in [6, 6.07) is 0. The van der Waals surface area contributed by atoms with Crippen LogP contribution in [0.25, 0.3) is 0 Å². The highest BCUT2D eigenvalue weighted by atomic mass is 32.1. The Morgan fingerprint density at radius 1 is 1.47 bits per heavy atom. The molecule has 2 N–H and O–H groups in total. The minimum absolute atomic E-state index is 0.0720. The van der Waals surface area contributed by atoms with Crippen LogP contribution in [0.2, 0.25) is 0 Å². The number of thiazole rings is 1. The van der Waals surface area contributed by atoms with Crippen LogP contribution in [0.4, 0.5) is 0 Å². The SMILES string of the molecule is O=C(CCc1cn[nH]c1)NCCc1nccs1. The summed E-state index contributed by atoms with van der Waals surface area (Å²) in [6.45, 7) is 0.651. The fourth-order valence-electron chi connectivity index (χ4n) is 1.45. The molecule has 0 spiro atoms. The number of aromatic nitrogens is 3. The summed E-state index contributed by atoms with van der Waals surface area (Å²) in [5, 5.41) is 12.4. The number of amides is 1. The fraction of sp³-hybridized carbons (Fsp3) is 0.364. The van der Waals surface area contributed by atoms with Gasteiger partial charge in [0.25, 0.3) is 0 Å². The van der Waals surface area contributed by atoms with E-state index in [9.17, 15) is 4.79 Å². The van der Waals surface area contributed by atoms with Crippen LogP contribution < -0.4 is 5.32 Å². The molecule has 0 atom stereocenters. The van der Waals surface area contributed by atoms with Crippen molar-refractivity contribution in [3.8, 4) is 0 Å². The highest BCUT2D eigenvalue weighted by Gasteiger charge is 2.03. The zero-order chi connectivity index (χ0) is 11.9. The lowest BCUT2D eigenvalue weighted by Crippen LogP contribution is -2.25. The molecule has 0 saturated carbocycles. The van der Waals surface area contributed by atoms with Gasteiger partial charge in [-0.05, 0) is 12.0 Å². The molecule has 2 rings (SSSR count). The van der Waals surface area contributed by atoms with Crippen molar-refractivity contribution in [1.82, 2.24) is 20.5 Å². The van der Waals surface area contributed by atoms with Crippen LogP contribution in [0.15, 0.2) is 24.0 Å². The predicted octanol–water partition coefficient (Wildman–Crippen LogP) is 1.16. The molecule has 6 heteroatoms. The van der Waals surface area contributed by atoms with E-state index in [0.29, 0.717) is 13.0 Å². The van der Waals surface area contributed by atoms with Crippen molar-refractivity contribution in [2.24, 2.45) is 0 Å². The van der Waals surface area contributed by atoms with Crippen molar-refractivity contribution in [3.63, 3.8) is 0 Å². The molecule has 0 aliphatic carbocycles. The van der Waals surface area contributed by atoms with E-state index >= 15 is 0 Å². The zero-order valence-electron chi connectivity index (χ0n) is 9.35. The van der Waals surface area contributed by atoms with Crippen molar-refractivity contribution in [1.29, 1.82) is 0 Å². The molecule has 2 heterocycles. The number of hydrogen-bond acceptors (Lipinski definition) is 4. The van der Waals surface area contributed by atoms with Gasteiger partial charge in [-0.2, -0.15) is 5.10 Å². The average molecular weight is 250 g/mol. The Bertz CT molecular complexity index is 438. The number of rotatable bonds is 6. The molecular formula is C11H14N4OS. The van der Waals surface area contributed by atoms with Crippen LogP contribution in [0.1, 0.15) is 17.0 Å². The number of carbonyl (C=O) groups is 1. The molecule has 1 amide bonds. The summed E-state index contributed by atoms with van der Waals surface area (Å²) in [5.74, 6) is 0.0720. The van der Waals surface area contributed by atoms with E-state index in [1.807, 2.05) is 11.6 Å². The van der Waals surface area contributed by atoms with E-state index in [1.165, 1.54) is 0 Å². The summed E-state index contributed by atoms with van der Waals surface area (Å²) in [7, 11) is 0. The van der Waals surface area contributed by atoms with E-state index in [0.717, 1.165) is 23.4 Å². The normalized spacial score (nSPS) is 10.4. The number of aryl methyl sites for hydroxylation is 1. The second-order valence-corrected chi connectivity index (χ2v) is 4.61. The molecule has 0 aliphatic rings. The highest BCUT2D eigenvalue weighted by molar-refractivity contribution is 7.09. The van der Waals surface area contributed by atoms with Gasteiger partial charge in [0.15, 0.2) is 0 Å². The van der Waals surface area contributed by atoms with Crippen LogP contribution in [-0.2, 0) is 17.6 Å². The number of aromatic amines is 1. The Morgan fingerprint density at radius 2 is 2.41 bits per heavy atom. The van der Waals surface area contributed by atoms with Crippen LogP contribution in [-0.4, -0.2) is 27.6 Å². The molecule has 17 heavy (non-hydrogen) atoms. The lowest BCUT2D eigenvalue weighted by Gasteiger charge is -2.02. The number of hydrogen-bond donors (Lipinski definition) is 2. The standard InChI is InChI=1S/C11H14N4OS/c16-10(2-1-9-7-14-15-8-9)12-4-3-11-13-5-6-17-11/h5-8H,1-4H2,(H,12,16)(H,14,15). The van der Waals surface area contributed by atoms with Crippen LogP contribution in [0.5, 0.6) is 0 Å². The molecule has 2 aromatic heterocycles. The van der Waals surface area contributed by atoms with Gasteiger partial charge in [-0.25, -0.2) is 4.98 Å². The topological polar surface area (TPSA) is 70.7 Å². The van der Waals surface area contributed by atoms with Crippen LogP contribution >= 0.6 is 11.3 Å². The molecule has 0 radical (unpaired) electrons. The van der Waals surface area contributed by atoms with E-state index in [1.54, 1.807) is 23.7 Å². The van der Waals surface area contributed by atoms with Gasteiger partial charge in [0.2, 0.25) is 5.91 Å². The third-order valence-electron chi connectivity index (χ3n) is 2.34. The van der Waals surface area contributed by atoms with Gasteiger partial charge in [-0.1, -0.05) is 0 Å². The van der Waals surface area contributed by atoms with E-state index in [2.05, 4.69) is 20.5 Å². The Kier molecular flexibility index (Phi) is 4.26. The molecular weight excluding hydrogens is 236 g/mol. The van der Waals surface area contributed by atoms with Crippen molar-refractivity contribution in [3.05, 3.63) is 34.5 Å². The number of nitrogens with zero attached hydrogens (tertiary/aromatic N) is 2. The summed E-state index contributed by atoms with van der Waals surface area (Å²) < 4.78 is 0. The highest BCUT2D eigenvalue weighted by Crippen LogP contribution is 2.03. The maximum absolute atomic E-state index is 11.5. The van der Waals surface area contributed by atoms with Gasteiger partial charge in [0.05, 0.1) is 11.2 Å². The largest absolute Gasteiger partial charge is 0.356 e. The van der Waals surface area contributed by atoms with Gasteiger partial charge < -0.3 is 5.32 Å². The van der Waals surface area contributed by atoms with Crippen molar-refractivity contribution in [2.45, 2.75) is 19.3 Å². The monoisotopic (exact) mass is 250 g/mol. The van der Waals surface area contributed by atoms with Gasteiger partial charge in [0, 0.05) is 37.2 Å². The van der Waals surface area contributed by atoms with Crippen molar-refractivity contribution < 1.29 is 4.79 Å². The van der Waals surface area contributed by atoms with Gasteiger partial charge in [-0.3, -0.25) is 9.89 Å². The minimum Gasteiger partial charge on any atom is -0.356 e. The van der Waals surface area contributed by atoms with E-state index in [-0.39, 0.29) is 5.91 Å². The first-order valence-corrected chi connectivity index (χ1v) is 6.35. The van der Waals surface area contributed by atoms with E-state index < -0.39 is 0 Å². The van der Waals surface area contributed by atoms with Gasteiger partial charge >= 0.3 is 0 Å². The van der Waals surface area contributed by atoms with Crippen molar-refractivity contribution >= 4 is 17.2 Å². The van der Waals surface area contributed by atoms with Crippen LogP contribution in [0, 0.1) is 0 Å². The second kappa shape index (κ2) is 6.15. The smallest absolute Gasteiger partial charge is 0.220 e. The first-order valence-electron chi connectivity index (χ1n) is 5.47. The number of H-pyrrole nitrogens is 1. The second-order valence-electron chi connectivity index (χ2n) is 3.63. The molecule has 0 aromatic carbocycles. The van der Waals surface area contributed by atoms with Gasteiger partial charge in [0.1, 0.15) is 0 Å². The Morgan fingerprint density at radius 3 is 3.12 bits per heavy atom. The third-order valence-corrected chi connectivity index (χ3v) is 3.18. The Balaban J connectivity index is 1.61. The van der Waals surface area contributed by atoms with Crippen molar-refractivity contribution in [2.75, 3.05) is 6.54 Å². The summed E-state index contributed by atoms with van der Waals surface area (Å²) >= 11 is 1.61. The summed E-state index contributed by atoms with van der Waals surface area (Å²) in [5.41, 5.74) is 1.06. The molecule has 0 fully saturated rings. The molecule has 0 bridgehead atoms. The van der Waals surface area contributed by atoms with E-state index in [4.69, 9.17) is 0 Å². The lowest BCUT2D eigenvalue weighted by molar-refractivity contribution is -0.121. The lowest BCUT2D eigenvalue weighted by atomic mass is 10.2. The molecule has 0 aliphatic heterocycles. The fourth-order valence-corrected chi connectivity index (χ4v) is 2.07. The minimum atomic E-state index is 0.0720. The average Bonchev–Trinajstić information content (AvgIpc) is 2.99. The first-order chi connectivity index (χ1) is 8.34. The number of carbonyl (C=O) groups excluding carboxylic acids is 1. The quantitative estimate of drug-likeness (QED) is 0.808. The van der Waals surface area contributed by atoms with Crippen LogP contribution in [0.3, 0.4) is 0 Å². The maximum atomic E-state index is 11.5. The molecule has 5 nitrogen and oxygen atoms in total. The zero-order valence-corrected chi connectivity index (χ0v) is 10.2. The predicted molar refractivity (Wildman–Crippen MR) is 65.7 cm³/mol. The summed E-state index contributed by atoms with van der Waals surface area (Å²) in [6.07, 6.45) is 7.35. The summed E-state index contributed by atoms with van der Waals surface area (Å²) in [4.78, 5) is 15.7. The van der Waals surface area contributed by atoms with Gasteiger partial charge in [-0.15, -0.1) is 11.3 Å². The molecule has 0 saturated heterocycles. The third kappa shape index (κ3) is 3.99. The Labute approximate surface area is 103 Å². The maximum Gasteiger partial charge on any atom is 0.220 e. The number of nitrogens with one attached hydrogen (secondary N) is 2. The molecule has 2 aromatic rings. The molecule has 90 valence electrons. The Hall–Kier alpha value is -1.69.